The molecule has 0 unspecified atom stereocenters. The van der Waals surface area contributed by atoms with Crippen LogP contribution >= 0.6 is 0 Å². The molecule has 2 aromatic carbocycles. The van der Waals surface area contributed by atoms with Gasteiger partial charge in [0.1, 0.15) is 0 Å². The summed E-state index contributed by atoms with van der Waals surface area (Å²) >= 11 is 0.532. The van der Waals surface area contributed by atoms with Crippen LogP contribution in [-0.2, 0) is 5.32 Å². The van der Waals surface area contributed by atoms with Crippen LogP contribution < -0.4 is 4.46 Å². The van der Waals surface area contributed by atoms with Crippen molar-refractivity contribution < 1.29 is 0 Å². The number of rotatable bonds is 3. The van der Waals surface area contributed by atoms with E-state index >= 15 is 0 Å². The Hall–Kier alpha value is -1.34. The summed E-state index contributed by atoms with van der Waals surface area (Å²) in [5.41, 5.74) is 5.82. The van der Waals surface area contributed by atoms with Crippen molar-refractivity contribution in [1.29, 1.82) is 0 Å². The second kappa shape index (κ2) is 6.61. The minimum absolute atomic E-state index is 0.532. The van der Waals surface area contributed by atoms with E-state index in [4.69, 9.17) is 0 Å². The van der Waals surface area contributed by atoms with Crippen LogP contribution in [-0.4, -0.2) is 40.5 Å². The maximum atomic E-state index is 2.43. The molecule has 0 saturated heterocycles. The van der Waals surface area contributed by atoms with E-state index in [1.165, 1.54) is 32.0 Å². The molecule has 1 aliphatic heterocycles. The Morgan fingerprint density at radius 3 is 2.52 bits per heavy atom. The monoisotopic (exact) mass is 343 g/mol. The van der Waals surface area contributed by atoms with Crippen LogP contribution in [0.3, 0.4) is 0 Å². The number of nitrogens with zero attached hydrogens (tertiary/aromatic N) is 1. The van der Waals surface area contributed by atoms with Crippen LogP contribution in [0.2, 0.25) is 0 Å². The molecule has 2 aromatic rings. The van der Waals surface area contributed by atoms with Crippen molar-refractivity contribution in [3.8, 4) is 0 Å². The van der Waals surface area contributed by atoms with Gasteiger partial charge >= 0.3 is 134 Å². The SMILES string of the molecule is CN(C)CC/C=C1\c2ccccc2C[Se]c2ccccc21. The van der Waals surface area contributed by atoms with E-state index in [0.29, 0.717) is 15.0 Å². The number of fused-ring (bicyclic) bond motifs is 2. The van der Waals surface area contributed by atoms with Crippen molar-refractivity contribution in [2.24, 2.45) is 0 Å². The third-order valence-corrected chi connectivity index (χ3v) is 6.15. The Bertz CT molecular complexity index is 609. The summed E-state index contributed by atoms with van der Waals surface area (Å²) in [6.07, 6.45) is 3.52. The molecule has 0 aliphatic carbocycles. The van der Waals surface area contributed by atoms with Crippen LogP contribution in [0.5, 0.6) is 0 Å². The standard InChI is InChI=1S/C19H21NSe/c1-20(2)13-7-11-17-16-9-4-3-8-15(16)14-21-19-12-6-5-10-18(17)19/h3-6,8-12H,7,13-14H2,1-2H3/b17-11+. The van der Waals surface area contributed by atoms with E-state index in [2.05, 4.69) is 73.6 Å². The van der Waals surface area contributed by atoms with E-state index in [-0.39, 0.29) is 0 Å². The van der Waals surface area contributed by atoms with Crippen molar-refractivity contribution in [3.63, 3.8) is 0 Å². The summed E-state index contributed by atoms with van der Waals surface area (Å²) in [6.45, 7) is 1.10. The Morgan fingerprint density at radius 2 is 1.71 bits per heavy atom. The molecule has 0 amide bonds. The van der Waals surface area contributed by atoms with Gasteiger partial charge in [0.25, 0.3) is 0 Å². The third-order valence-electron chi connectivity index (χ3n) is 3.79. The van der Waals surface area contributed by atoms with Gasteiger partial charge in [0.15, 0.2) is 0 Å². The van der Waals surface area contributed by atoms with Crippen molar-refractivity contribution in [2.45, 2.75) is 11.7 Å². The van der Waals surface area contributed by atoms with E-state index in [1.807, 2.05) is 0 Å². The molecule has 0 spiro atoms. The van der Waals surface area contributed by atoms with Gasteiger partial charge in [0, 0.05) is 0 Å². The molecule has 2 heteroatoms. The summed E-state index contributed by atoms with van der Waals surface area (Å²) in [5.74, 6) is 0. The average Bonchev–Trinajstić information content (AvgIpc) is 2.65. The third kappa shape index (κ3) is 3.29. The van der Waals surface area contributed by atoms with Gasteiger partial charge in [-0.3, -0.25) is 0 Å². The Balaban J connectivity index is 2.07. The van der Waals surface area contributed by atoms with Gasteiger partial charge < -0.3 is 0 Å². The van der Waals surface area contributed by atoms with Crippen molar-refractivity contribution in [3.05, 3.63) is 71.3 Å². The van der Waals surface area contributed by atoms with Gasteiger partial charge in [-0.25, -0.2) is 0 Å². The second-order valence-corrected chi connectivity index (χ2v) is 7.79. The van der Waals surface area contributed by atoms with Gasteiger partial charge in [-0.05, 0) is 0 Å². The van der Waals surface area contributed by atoms with Crippen LogP contribution in [0.4, 0.5) is 0 Å². The second-order valence-electron chi connectivity index (χ2n) is 5.65. The predicted octanol–water partition coefficient (Wildman–Crippen LogP) is 2.91. The summed E-state index contributed by atoms with van der Waals surface area (Å²) < 4.78 is 1.54. The first kappa shape index (κ1) is 14.6. The van der Waals surface area contributed by atoms with Crippen molar-refractivity contribution in [2.75, 3.05) is 20.6 Å². The molecule has 0 aromatic heterocycles. The van der Waals surface area contributed by atoms with Gasteiger partial charge in [-0.2, -0.15) is 0 Å². The first-order valence-electron chi connectivity index (χ1n) is 7.41. The molecular formula is C19H21NSe. The molecule has 1 nitrogen and oxygen atoms in total. The van der Waals surface area contributed by atoms with Gasteiger partial charge in [-0.15, -0.1) is 0 Å². The molecular weight excluding hydrogens is 321 g/mol. The summed E-state index contributed by atoms with van der Waals surface area (Å²) in [7, 11) is 4.27. The Morgan fingerprint density at radius 1 is 1.00 bits per heavy atom. The molecule has 108 valence electrons. The van der Waals surface area contributed by atoms with Gasteiger partial charge in [0.05, 0.1) is 0 Å². The summed E-state index contributed by atoms with van der Waals surface area (Å²) in [5, 5.41) is 1.20. The molecule has 0 saturated carbocycles. The maximum absolute atomic E-state index is 2.43. The molecule has 0 bridgehead atoms. The zero-order valence-electron chi connectivity index (χ0n) is 12.7. The molecule has 3 rings (SSSR count). The molecule has 0 radical (unpaired) electrons. The average molecular weight is 342 g/mol. The number of hydrogen-bond acceptors (Lipinski definition) is 1. The number of hydrogen-bond donors (Lipinski definition) is 0. The fourth-order valence-corrected chi connectivity index (χ4v) is 4.96. The summed E-state index contributed by atoms with van der Waals surface area (Å²) in [6, 6.07) is 17.9. The van der Waals surface area contributed by atoms with E-state index in [0.717, 1.165) is 13.0 Å². The van der Waals surface area contributed by atoms with Crippen molar-refractivity contribution >= 4 is 25.0 Å². The van der Waals surface area contributed by atoms with E-state index in [1.54, 1.807) is 0 Å². The molecule has 0 N–H and O–H groups in total. The fourth-order valence-electron chi connectivity index (χ4n) is 2.71. The molecule has 0 atom stereocenters. The van der Waals surface area contributed by atoms with Gasteiger partial charge in [-0.1, -0.05) is 0 Å². The normalized spacial score (nSPS) is 15.7. The number of benzene rings is 2. The van der Waals surface area contributed by atoms with Crippen LogP contribution in [0.1, 0.15) is 23.1 Å². The Labute approximate surface area is 133 Å². The molecule has 21 heavy (non-hydrogen) atoms. The molecule has 0 fully saturated rings. The van der Waals surface area contributed by atoms with Crippen molar-refractivity contribution in [1.82, 2.24) is 4.90 Å². The van der Waals surface area contributed by atoms with Gasteiger partial charge in [0.2, 0.25) is 0 Å². The predicted molar refractivity (Wildman–Crippen MR) is 92.2 cm³/mol. The van der Waals surface area contributed by atoms with Crippen LogP contribution in [0.25, 0.3) is 5.57 Å². The fraction of sp³-hybridized carbons (Fsp3) is 0.263. The zero-order chi connectivity index (χ0) is 14.7. The Kier molecular flexibility index (Phi) is 4.60. The topological polar surface area (TPSA) is 3.24 Å². The van der Waals surface area contributed by atoms with Crippen LogP contribution in [0.15, 0.2) is 54.6 Å². The summed E-state index contributed by atoms with van der Waals surface area (Å²) in [4.78, 5) is 2.25. The quantitative estimate of drug-likeness (QED) is 0.776. The first-order chi connectivity index (χ1) is 10.3. The van der Waals surface area contributed by atoms with E-state index in [9.17, 15) is 0 Å². The van der Waals surface area contributed by atoms with Crippen LogP contribution in [0, 0.1) is 0 Å². The minimum atomic E-state index is 0.532. The molecule has 1 heterocycles. The molecule has 1 aliphatic rings. The first-order valence-corrected chi connectivity index (χ1v) is 9.48. The van der Waals surface area contributed by atoms with E-state index < -0.39 is 0 Å². The zero-order valence-corrected chi connectivity index (χ0v) is 14.4.